The average molecular weight is 348 g/mol. The molecule has 26 heavy (non-hydrogen) atoms. The van der Waals surface area contributed by atoms with Gasteiger partial charge in [0, 0.05) is 25.0 Å². The number of rotatable bonds is 3. The lowest BCUT2D eigenvalue weighted by atomic mass is 10.1. The molecule has 0 saturated heterocycles. The highest BCUT2D eigenvalue weighted by atomic mass is 16.2. The number of aromatic nitrogens is 4. The minimum atomic E-state index is -0.349. The van der Waals surface area contributed by atoms with Crippen LogP contribution < -0.4 is 10.2 Å². The minimum absolute atomic E-state index is 0.0165. The number of hydrogen-bond donors (Lipinski definition) is 1. The zero-order valence-electron chi connectivity index (χ0n) is 14.0. The highest BCUT2D eigenvalue weighted by molar-refractivity contribution is 6.15. The molecule has 4 rings (SSSR count). The van der Waals surface area contributed by atoms with E-state index < -0.39 is 0 Å². The van der Waals surface area contributed by atoms with E-state index in [1.165, 1.54) is 6.33 Å². The maximum absolute atomic E-state index is 13.1. The Morgan fingerprint density at radius 3 is 2.73 bits per heavy atom. The Balaban J connectivity index is 1.69. The highest BCUT2D eigenvalue weighted by Gasteiger charge is 2.34. The van der Waals surface area contributed by atoms with E-state index in [1.807, 2.05) is 11.5 Å². The Morgan fingerprint density at radius 2 is 2.00 bits per heavy atom. The Hall–Kier alpha value is -3.55. The van der Waals surface area contributed by atoms with Crippen molar-refractivity contribution in [3.63, 3.8) is 0 Å². The van der Waals surface area contributed by atoms with Gasteiger partial charge in [0.1, 0.15) is 12.0 Å². The fraction of sp³-hybridized carbons (Fsp3) is 0.167. The molecule has 0 spiro atoms. The number of carbonyl (C=O) groups excluding carboxylic acids is 2. The summed E-state index contributed by atoms with van der Waals surface area (Å²) in [5, 5.41) is 2.77. The molecule has 0 bridgehead atoms. The number of hydrogen-bond acceptors (Lipinski definition) is 5. The Bertz CT molecular complexity index is 954. The molecule has 8 nitrogen and oxygen atoms in total. The summed E-state index contributed by atoms with van der Waals surface area (Å²) in [6.45, 7) is 2.48. The van der Waals surface area contributed by atoms with Crippen molar-refractivity contribution in [1.82, 2.24) is 19.5 Å². The molecule has 4 heterocycles. The van der Waals surface area contributed by atoms with Gasteiger partial charge in [-0.05, 0) is 25.1 Å². The second-order valence-corrected chi connectivity index (χ2v) is 6.04. The molecule has 0 unspecified atom stereocenters. The summed E-state index contributed by atoms with van der Waals surface area (Å²) in [6.07, 6.45) is 9.54. The summed E-state index contributed by atoms with van der Waals surface area (Å²) in [4.78, 5) is 39.3. The van der Waals surface area contributed by atoms with Crippen LogP contribution in [0.1, 0.15) is 33.8 Å². The number of pyridine rings is 1. The van der Waals surface area contributed by atoms with Gasteiger partial charge in [0.25, 0.3) is 11.8 Å². The first-order chi connectivity index (χ1) is 12.6. The molecule has 2 amide bonds. The lowest BCUT2D eigenvalue weighted by Gasteiger charge is -2.33. The fourth-order valence-corrected chi connectivity index (χ4v) is 3.07. The van der Waals surface area contributed by atoms with Gasteiger partial charge in [0.2, 0.25) is 0 Å². The number of amides is 2. The third-order valence-electron chi connectivity index (χ3n) is 4.31. The standard InChI is InChI=1S/C18H16N6O2/c1-12-10-24(14-8-20-11-21-9-14)18(26)16-15(4-6-23(12)16)17(25)22-13-3-2-5-19-7-13/h2-9,11-12H,10H2,1H3,(H,22,25)/t12-/m0/s1. The van der Waals surface area contributed by atoms with E-state index in [4.69, 9.17) is 0 Å². The molecule has 1 atom stereocenters. The van der Waals surface area contributed by atoms with Crippen LogP contribution in [0.25, 0.3) is 0 Å². The molecular formula is C18H16N6O2. The first-order valence-corrected chi connectivity index (χ1v) is 8.14. The summed E-state index contributed by atoms with van der Waals surface area (Å²) in [7, 11) is 0. The summed E-state index contributed by atoms with van der Waals surface area (Å²) in [5.74, 6) is -0.599. The monoisotopic (exact) mass is 348 g/mol. The molecule has 3 aromatic heterocycles. The number of nitrogens with one attached hydrogen (secondary N) is 1. The summed E-state index contributed by atoms with van der Waals surface area (Å²) >= 11 is 0. The second kappa shape index (κ2) is 6.40. The SMILES string of the molecule is C[C@H]1CN(c2cncnc2)C(=O)c2c(C(=O)Nc3cccnc3)ccn21. The zero-order valence-corrected chi connectivity index (χ0v) is 14.0. The maximum atomic E-state index is 13.1. The fourth-order valence-electron chi connectivity index (χ4n) is 3.07. The molecule has 0 radical (unpaired) electrons. The van der Waals surface area contributed by atoms with E-state index in [0.29, 0.717) is 29.2 Å². The molecular weight excluding hydrogens is 332 g/mol. The molecule has 0 fully saturated rings. The second-order valence-electron chi connectivity index (χ2n) is 6.04. The molecule has 0 saturated carbocycles. The van der Waals surface area contributed by atoms with E-state index in [1.54, 1.807) is 54.1 Å². The van der Waals surface area contributed by atoms with Crippen LogP contribution in [0.5, 0.6) is 0 Å². The van der Waals surface area contributed by atoms with Gasteiger partial charge in [0.05, 0.1) is 35.5 Å². The summed E-state index contributed by atoms with van der Waals surface area (Å²) in [5.41, 5.74) is 1.86. The zero-order chi connectivity index (χ0) is 18.1. The molecule has 0 aromatic carbocycles. The largest absolute Gasteiger partial charge is 0.338 e. The van der Waals surface area contributed by atoms with Crippen molar-refractivity contribution in [2.45, 2.75) is 13.0 Å². The Morgan fingerprint density at radius 1 is 1.19 bits per heavy atom. The van der Waals surface area contributed by atoms with Crippen LogP contribution in [0, 0.1) is 0 Å². The third kappa shape index (κ3) is 2.71. The van der Waals surface area contributed by atoms with Crippen LogP contribution in [0.15, 0.2) is 55.5 Å². The first kappa shape index (κ1) is 15.9. The van der Waals surface area contributed by atoms with Gasteiger partial charge in [-0.3, -0.25) is 14.6 Å². The van der Waals surface area contributed by atoms with Gasteiger partial charge < -0.3 is 14.8 Å². The van der Waals surface area contributed by atoms with Crippen LogP contribution in [0.3, 0.4) is 0 Å². The number of fused-ring (bicyclic) bond motifs is 1. The maximum Gasteiger partial charge on any atom is 0.275 e. The molecule has 3 aromatic rings. The average Bonchev–Trinajstić information content (AvgIpc) is 3.12. The van der Waals surface area contributed by atoms with Crippen LogP contribution >= 0.6 is 0 Å². The van der Waals surface area contributed by atoms with Crippen molar-refractivity contribution in [3.05, 3.63) is 66.8 Å². The predicted octanol–water partition coefficient (Wildman–Crippen LogP) is 2.15. The molecule has 1 N–H and O–H groups in total. The van der Waals surface area contributed by atoms with E-state index in [9.17, 15) is 9.59 Å². The van der Waals surface area contributed by atoms with Gasteiger partial charge >= 0.3 is 0 Å². The van der Waals surface area contributed by atoms with Gasteiger partial charge in [-0.25, -0.2) is 9.97 Å². The van der Waals surface area contributed by atoms with E-state index >= 15 is 0 Å². The summed E-state index contributed by atoms with van der Waals surface area (Å²) < 4.78 is 1.83. The number of nitrogens with zero attached hydrogens (tertiary/aromatic N) is 5. The van der Waals surface area contributed by atoms with Crippen LogP contribution in [-0.2, 0) is 0 Å². The van der Waals surface area contributed by atoms with Crippen LogP contribution in [0.2, 0.25) is 0 Å². The van der Waals surface area contributed by atoms with Gasteiger partial charge in [0.15, 0.2) is 0 Å². The Labute approximate surface area is 149 Å². The van der Waals surface area contributed by atoms with Crippen molar-refractivity contribution >= 4 is 23.2 Å². The first-order valence-electron chi connectivity index (χ1n) is 8.14. The molecule has 130 valence electrons. The smallest absolute Gasteiger partial charge is 0.275 e. The molecule has 1 aliphatic heterocycles. The van der Waals surface area contributed by atoms with E-state index in [2.05, 4.69) is 20.3 Å². The molecule has 0 aliphatic carbocycles. The Kier molecular flexibility index (Phi) is 3.92. The molecule has 8 heteroatoms. The molecule has 1 aliphatic rings. The van der Waals surface area contributed by atoms with E-state index in [0.717, 1.165) is 0 Å². The lowest BCUT2D eigenvalue weighted by molar-refractivity contribution is 0.0942. The van der Waals surface area contributed by atoms with Gasteiger partial charge in [-0.2, -0.15) is 0 Å². The normalized spacial score (nSPS) is 16.3. The lowest BCUT2D eigenvalue weighted by Crippen LogP contribution is -2.43. The summed E-state index contributed by atoms with van der Waals surface area (Å²) in [6, 6.07) is 5.16. The van der Waals surface area contributed by atoms with Crippen molar-refractivity contribution in [3.8, 4) is 0 Å². The van der Waals surface area contributed by atoms with Crippen molar-refractivity contribution in [2.24, 2.45) is 0 Å². The van der Waals surface area contributed by atoms with E-state index in [-0.39, 0.29) is 17.9 Å². The number of anilines is 2. The predicted molar refractivity (Wildman–Crippen MR) is 95.0 cm³/mol. The van der Waals surface area contributed by atoms with Crippen LogP contribution in [-0.4, -0.2) is 37.9 Å². The van der Waals surface area contributed by atoms with Gasteiger partial charge in [-0.15, -0.1) is 0 Å². The van der Waals surface area contributed by atoms with Gasteiger partial charge in [-0.1, -0.05) is 0 Å². The third-order valence-corrected chi connectivity index (χ3v) is 4.31. The van der Waals surface area contributed by atoms with Crippen molar-refractivity contribution < 1.29 is 9.59 Å². The van der Waals surface area contributed by atoms with Crippen molar-refractivity contribution in [1.29, 1.82) is 0 Å². The van der Waals surface area contributed by atoms with Crippen LogP contribution in [0.4, 0.5) is 11.4 Å². The topological polar surface area (TPSA) is 93.0 Å². The van der Waals surface area contributed by atoms with Crippen molar-refractivity contribution in [2.75, 3.05) is 16.8 Å². The quantitative estimate of drug-likeness (QED) is 0.783. The highest BCUT2D eigenvalue weighted by Crippen LogP contribution is 2.28. The minimum Gasteiger partial charge on any atom is -0.338 e. The number of carbonyl (C=O) groups is 2.